The lowest BCUT2D eigenvalue weighted by Gasteiger charge is -2.12. The summed E-state index contributed by atoms with van der Waals surface area (Å²) >= 11 is 0. The van der Waals surface area contributed by atoms with Crippen LogP contribution in [0.15, 0.2) is 17.0 Å². The standard InChI is InChI=1S/C13H17NO6S/c1-8-6-10(13(17)20-3)7-11(9(8)2)21(18,19)14-5-4-12(15)16/h6-7,14H,4-5H2,1-3H3,(H,15,16). The fourth-order valence-electron chi connectivity index (χ4n) is 1.71. The van der Waals surface area contributed by atoms with Gasteiger partial charge in [-0.3, -0.25) is 4.79 Å². The summed E-state index contributed by atoms with van der Waals surface area (Å²) in [5, 5.41) is 8.53. The zero-order valence-corrected chi connectivity index (χ0v) is 12.8. The van der Waals surface area contributed by atoms with Gasteiger partial charge in [-0.25, -0.2) is 17.9 Å². The predicted molar refractivity (Wildman–Crippen MR) is 74.7 cm³/mol. The van der Waals surface area contributed by atoms with E-state index >= 15 is 0 Å². The number of rotatable bonds is 6. The SMILES string of the molecule is COC(=O)c1cc(C)c(C)c(S(=O)(=O)NCCC(=O)O)c1. The first-order valence-electron chi connectivity index (χ1n) is 6.10. The molecule has 0 saturated carbocycles. The van der Waals surface area contributed by atoms with Crippen molar-refractivity contribution < 1.29 is 27.9 Å². The molecule has 116 valence electrons. The fraction of sp³-hybridized carbons (Fsp3) is 0.385. The number of methoxy groups -OCH3 is 1. The van der Waals surface area contributed by atoms with Gasteiger partial charge in [0.1, 0.15) is 0 Å². The number of carbonyl (C=O) groups is 2. The Morgan fingerprint density at radius 2 is 1.90 bits per heavy atom. The van der Waals surface area contributed by atoms with Crippen LogP contribution in [0.3, 0.4) is 0 Å². The number of benzene rings is 1. The van der Waals surface area contributed by atoms with Crippen molar-refractivity contribution in [2.75, 3.05) is 13.7 Å². The molecule has 0 unspecified atom stereocenters. The Bertz CT molecular complexity index is 665. The van der Waals surface area contributed by atoms with Gasteiger partial charge in [0.25, 0.3) is 0 Å². The molecule has 0 saturated heterocycles. The molecule has 0 heterocycles. The molecule has 1 aromatic rings. The van der Waals surface area contributed by atoms with Crippen LogP contribution in [0, 0.1) is 13.8 Å². The van der Waals surface area contributed by atoms with Crippen LogP contribution in [-0.2, 0) is 19.6 Å². The Balaban J connectivity index is 3.18. The minimum Gasteiger partial charge on any atom is -0.481 e. The van der Waals surface area contributed by atoms with E-state index in [1.54, 1.807) is 13.8 Å². The third-order valence-electron chi connectivity index (χ3n) is 2.96. The topological polar surface area (TPSA) is 110 Å². The number of carboxylic acids is 1. The Morgan fingerprint density at radius 3 is 2.43 bits per heavy atom. The molecule has 8 heteroatoms. The monoisotopic (exact) mass is 315 g/mol. The number of hydrogen-bond donors (Lipinski definition) is 2. The molecule has 0 fully saturated rings. The van der Waals surface area contributed by atoms with Crippen molar-refractivity contribution in [3.8, 4) is 0 Å². The molecule has 1 aromatic carbocycles. The first-order chi connectivity index (χ1) is 9.69. The summed E-state index contributed by atoms with van der Waals surface area (Å²) in [7, 11) is -2.69. The Hall–Kier alpha value is -1.93. The highest BCUT2D eigenvalue weighted by atomic mass is 32.2. The number of aryl methyl sites for hydroxylation is 1. The number of hydrogen-bond acceptors (Lipinski definition) is 5. The summed E-state index contributed by atoms with van der Waals surface area (Å²) < 4.78 is 31.2. The van der Waals surface area contributed by atoms with E-state index in [-0.39, 0.29) is 23.4 Å². The van der Waals surface area contributed by atoms with Gasteiger partial charge in [-0.1, -0.05) is 0 Å². The molecule has 0 aliphatic rings. The highest BCUT2D eigenvalue weighted by Gasteiger charge is 2.21. The second kappa shape index (κ2) is 6.68. The first-order valence-corrected chi connectivity index (χ1v) is 7.58. The van der Waals surface area contributed by atoms with Gasteiger partial charge in [-0.05, 0) is 37.1 Å². The van der Waals surface area contributed by atoms with E-state index in [4.69, 9.17) is 5.11 Å². The van der Waals surface area contributed by atoms with Crippen molar-refractivity contribution in [3.05, 3.63) is 28.8 Å². The number of ether oxygens (including phenoxy) is 1. The van der Waals surface area contributed by atoms with E-state index in [9.17, 15) is 18.0 Å². The van der Waals surface area contributed by atoms with Crippen LogP contribution in [0.4, 0.5) is 0 Å². The predicted octanol–water partition coefficient (Wildman–Crippen LogP) is 0.843. The van der Waals surface area contributed by atoms with Gasteiger partial charge in [0, 0.05) is 6.54 Å². The number of carbonyl (C=O) groups excluding carboxylic acids is 1. The Kier molecular flexibility index (Phi) is 5.45. The fourth-order valence-corrected chi connectivity index (χ4v) is 3.08. The van der Waals surface area contributed by atoms with Crippen molar-refractivity contribution in [2.24, 2.45) is 0 Å². The molecular formula is C13H17NO6S. The van der Waals surface area contributed by atoms with Crippen LogP contribution in [0.5, 0.6) is 0 Å². The lowest BCUT2D eigenvalue weighted by molar-refractivity contribution is -0.136. The van der Waals surface area contributed by atoms with Gasteiger partial charge in [0.15, 0.2) is 0 Å². The largest absolute Gasteiger partial charge is 0.481 e. The van der Waals surface area contributed by atoms with Crippen molar-refractivity contribution in [3.63, 3.8) is 0 Å². The Morgan fingerprint density at radius 1 is 1.29 bits per heavy atom. The zero-order chi connectivity index (χ0) is 16.2. The van der Waals surface area contributed by atoms with E-state index in [0.717, 1.165) is 0 Å². The van der Waals surface area contributed by atoms with Crippen molar-refractivity contribution >= 4 is 22.0 Å². The highest BCUT2D eigenvalue weighted by Crippen LogP contribution is 2.21. The molecular weight excluding hydrogens is 298 g/mol. The second-order valence-corrected chi connectivity index (χ2v) is 6.18. The molecule has 0 radical (unpaired) electrons. The average molecular weight is 315 g/mol. The molecule has 0 aliphatic carbocycles. The quantitative estimate of drug-likeness (QED) is 0.753. The molecule has 21 heavy (non-hydrogen) atoms. The van der Waals surface area contributed by atoms with Crippen molar-refractivity contribution in [2.45, 2.75) is 25.2 Å². The smallest absolute Gasteiger partial charge is 0.337 e. The number of nitrogens with one attached hydrogen (secondary N) is 1. The number of sulfonamides is 1. The maximum Gasteiger partial charge on any atom is 0.337 e. The summed E-state index contributed by atoms with van der Waals surface area (Å²) in [6.07, 6.45) is -0.325. The van der Waals surface area contributed by atoms with E-state index < -0.39 is 22.0 Å². The first kappa shape index (κ1) is 17.1. The van der Waals surface area contributed by atoms with E-state index in [2.05, 4.69) is 9.46 Å². The lowest BCUT2D eigenvalue weighted by atomic mass is 10.1. The summed E-state index contributed by atoms with van der Waals surface area (Å²) in [4.78, 5) is 21.9. The lowest BCUT2D eigenvalue weighted by Crippen LogP contribution is -2.27. The molecule has 7 nitrogen and oxygen atoms in total. The molecule has 0 aromatic heterocycles. The molecule has 0 amide bonds. The van der Waals surface area contributed by atoms with Crippen LogP contribution in [0.25, 0.3) is 0 Å². The Labute approximate surface area is 123 Å². The van der Waals surface area contributed by atoms with E-state index in [1.807, 2.05) is 0 Å². The summed E-state index contributed by atoms with van der Waals surface area (Å²) in [6.45, 7) is 3.07. The van der Waals surface area contributed by atoms with Crippen molar-refractivity contribution in [1.82, 2.24) is 4.72 Å². The zero-order valence-electron chi connectivity index (χ0n) is 12.0. The van der Waals surface area contributed by atoms with Gasteiger partial charge in [0.05, 0.1) is 24.0 Å². The molecule has 1 rings (SSSR count). The van der Waals surface area contributed by atoms with Gasteiger partial charge in [-0.2, -0.15) is 0 Å². The normalized spacial score (nSPS) is 11.2. The van der Waals surface area contributed by atoms with Crippen LogP contribution in [0.1, 0.15) is 27.9 Å². The number of carboxylic acid groups (broad SMARTS) is 1. The van der Waals surface area contributed by atoms with Gasteiger partial charge in [-0.15, -0.1) is 0 Å². The minimum absolute atomic E-state index is 0.0618. The van der Waals surface area contributed by atoms with Gasteiger partial charge in [0.2, 0.25) is 10.0 Å². The molecule has 0 aliphatic heterocycles. The van der Waals surface area contributed by atoms with Gasteiger partial charge >= 0.3 is 11.9 Å². The second-order valence-electron chi connectivity index (χ2n) is 4.45. The summed E-state index contributed by atoms with van der Waals surface area (Å²) in [5.74, 6) is -1.74. The third-order valence-corrected chi connectivity index (χ3v) is 4.55. The molecule has 0 spiro atoms. The summed E-state index contributed by atoms with van der Waals surface area (Å²) in [6, 6.07) is 2.76. The van der Waals surface area contributed by atoms with Gasteiger partial charge < -0.3 is 9.84 Å². The molecule has 2 N–H and O–H groups in total. The van der Waals surface area contributed by atoms with Crippen LogP contribution < -0.4 is 4.72 Å². The summed E-state index contributed by atoms with van der Waals surface area (Å²) in [5.41, 5.74) is 1.24. The van der Waals surface area contributed by atoms with Crippen molar-refractivity contribution in [1.29, 1.82) is 0 Å². The maximum absolute atomic E-state index is 12.2. The number of esters is 1. The average Bonchev–Trinajstić information content (AvgIpc) is 2.39. The minimum atomic E-state index is -3.89. The van der Waals surface area contributed by atoms with E-state index in [0.29, 0.717) is 11.1 Å². The number of aliphatic carboxylic acids is 1. The van der Waals surface area contributed by atoms with Crippen LogP contribution in [-0.4, -0.2) is 39.1 Å². The van der Waals surface area contributed by atoms with Crippen LogP contribution >= 0.6 is 0 Å². The van der Waals surface area contributed by atoms with E-state index in [1.165, 1.54) is 19.2 Å². The molecule has 0 bridgehead atoms. The third kappa shape index (κ3) is 4.27. The highest BCUT2D eigenvalue weighted by molar-refractivity contribution is 7.89. The molecule has 0 atom stereocenters. The van der Waals surface area contributed by atoms with Crippen LogP contribution in [0.2, 0.25) is 0 Å². The maximum atomic E-state index is 12.2.